The molecule has 0 aliphatic heterocycles. The Bertz CT molecular complexity index is 1400. The van der Waals surface area contributed by atoms with Crippen LogP contribution in [0.5, 0.6) is 11.5 Å². The molecule has 0 aromatic carbocycles. The van der Waals surface area contributed by atoms with E-state index in [0.717, 1.165) is 37.1 Å². The Balaban J connectivity index is 1.13. The first-order valence-electron chi connectivity index (χ1n) is 13.7. The molecule has 0 bridgehead atoms. The number of nitrogens with one attached hydrogen (secondary N) is 2. The molecule has 42 heavy (non-hydrogen) atoms. The summed E-state index contributed by atoms with van der Waals surface area (Å²) >= 11 is 0. The number of anilines is 2. The number of hydrogen-bond donors (Lipinski definition) is 2. The van der Waals surface area contributed by atoms with E-state index >= 15 is 0 Å². The molecule has 1 aliphatic rings. The van der Waals surface area contributed by atoms with Gasteiger partial charge in [-0.3, -0.25) is 19.6 Å². The van der Waals surface area contributed by atoms with Crippen molar-refractivity contribution in [3.05, 3.63) is 83.7 Å². The minimum absolute atomic E-state index is 0.105. The summed E-state index contributed by atoms with van der Waals surface area (Å²) in [5, 5.41) is 22.9. The average Bonchev–Trinajstić information content (AvgIpc) is 3.02. The zero-order valence-electron chi connectivity index (χ0n) is 23.5. The minimum atomic E-state index is -0.231. The van der Waals surface area contributed by atoms with Gasteiger partial charge in [-0.15, -0.1) is 10.2 Å². The number of methoxy groups -OCH3 is 2. The minimum Gasteiger partial charge on any atom is -0.497 e. The summed E-state index contributed by atoms with van der Waals surface area (Å²) in [6.07, 6.45) is 7.31. The smallest absolute Gasteiger partial charge is 0.231 e. The molecule has 0 unspecified atom stereocenters. The maximum atomic E-state index is 12.5. The van der Waals surface area contributed by atoms with Crippen molar-refractivity contribution in [3.8, 4) is 11.5 Å². The van der Waals surface area contributed by atoms with Gasteiger partial charge in [-0.25, -0.2) is 0 Å². The molecular weight excluding hydrogens is 536 g/mol. The van der Waals surface area contributed by atoms with Gasteiger partial charge in [0.1, 0.15) is 11.5 Å². The van der Waals surface area contributed by atoms with Crippen LogP contribution in [0.1, 0.15) is 60.3 Å². The first-order valence-corrected chi connectivity index (χ1v) is 13.7. The molecule has 216 valence electrons. The van der Waals surface area contributed by atoms with E-state index in [4.69, 9.17) is 9.47 Å². The molecule has 0 spiro atoms. The zero-order chi connectivity index (χ0) is 29.3. The molecule has 12 nitrogen and oxygen atoms in total. The van der Waals surface area contributed by atoms with Gasteiger partial charge in [-0.1, -0.05) is 6.42 Å². The summed E-state index contributed by atoms with van der Waals surface area (Å²) in [5.74, 6) is 2.06. The normalized spacial score (nSPS) is 16.3. The van der Waals surface area contributed by atoms with Gasteiger partial charge in [0.25, 0.3) is 0 Å². The lowest BCUT2D eigenvalue weighted by molar-refractivity contribution is -0.116. The lowest BCUT2D eigenvalue weighted by Crippen LogP contribution is -2.19. The summed E-state index contributed by atoms with van der Waals surface area (Å²) in [7, 11) is 3.14. The fourth-order valence-corrected chi connectivity index (χ4v) is 5.04. The molecule has 2 atom stereocenters. The molecule has 1 fully saturated rings. The molecule has 12 heteroatoms. The van der Waals surface area contributed by atoms with E-state index < -0.39 is 0 Å². The SMILES string of the molecule is COc1ccnc(CC(=O)Nc2ccc([C@@H]3CCC[C@@H](c4ccc(NC(=O)Cc5cc(OC)ccn5)nn4)C3)nn2)c1. The number of ether oxygens (including phenoxy) is 2. The van der Waals surface area contributed by atoms with Crippen molar-refractivity contribution >= 4 is 23.5 Å². The lowest BCUT2D eigenvalue weighted by Gasteiger charge is -2.28. The van der Waals surface area contributed by atoms with E-state index in [1.54, 1.807) is 63.0 Å². The first kappa shape index (κ1) is 28.5. The van der Waals surface area contributed by atoms with Gasteiger partial charge in [0.15, 0.2) is 11.6 Å². The average molecular weight is 569 g/mol. The first-order chi connectivity index (χ1) is 20.5. The van der Waals surface area contributed by atoms with Crippen LogP contribution in [0, 0.1) is 0 Å². The third-order valence-electron chi connectivity index (χ3n) is 7.15. The summed E-state index contributed by atoms with van der Waals surface area (Å²) in [6.45, 7) is 0. The number of amides is 2. The van der Waals surface area contributed by atoms with Gasteiger partial charge in [-0.2, -0.15) is 10.2 Å². The summed E-state index contributed by atoms with van der Waals surface area (Å²) in [6, 6.07) is 14.3. The molecule has 0 saturated heterocycles. The second-order valence-corrected chi connectivity index (χ2v) is 10.1. The summed E-state index contributed by atoms with van der Waals surface area (Å²) in [4.78, 5) is 33.3. The van der Waals surface area contributed by atoms with Crippen LogP contribution in [0.25, 0.3) is 0 Å². The van der Waals surface area contributed by atoms with Crippen molar-refractivity contribution in [1.29, 1.82) is 0 Å². The second kappa shape index (κ2) is 13.6. The lowest BCUT2D eigenvalue weighted by atomic mass is 9.78. The number of rotatable bonds is 10. The van der Waals surface area contributed by atoms with Gasteiger partial charge >= 0.3 is 0 Å². The standard InChI is InChI=1S/C30H32N8O4/c1-41-23-10-12-31-21(15-23)17-29(39)33-27-8-6-25(35-37-27)19-4-3-5-20(14-19)26-7-9-28(38-36-26)34-30(40)18-22-16-24(42-2)11-13-32-22/h6-13,15-16,19-20H,3-5,14,17-18H2,1-2H3,(H,33,37,39)(H,34,38,40)/t19-,20-/m1/s1. The van der Waals surface area contributed by atoms with E-state index in [2.05, 4.69) is 41.0 Å². The number of carbonyl (C=O) groups is 2. The molecule has 0 radical (unpaired) electrons. The maximum Gasteiger partial charge on any atom is 0.231 e. The van der Waals surface area contributed by atoms with Crippen molar-refractivity contribution in [1.82, 2.24) is 30.4 Å². The highest BCUT2D eigenvalue weighted by Gasteiger charge is 2.27. The number of nitrogens with zero attached hydrogens (tertiary/aromatic N) is 6. The highest BCUT2D eigenvalue weighted by Crippen LogP contribution is 2.40. The molecule has 1 saturated carbocycles. The predicted molar refractivity (Wildman–Crippen MR) is 154 cm³/mol. The summed E-state index contributed by atoms with van der Waals surface area (Å²) in [5.41, 5.74) is 2.98. The van der Waals surface area contributed by atoms with Crippen LogP contribution in [-0.2, 0) is 22.4 Å². The zero-order valence-corrected chi connectivity index (χ0v) is 23.5. The van der Waals surface area contributed by atoms with E-state index in [9.17, 15) is 9.59 Å². The molecule has 5 rings (SSSR count). The van der Waals surface area contributed by atoms with Crippen LogP contribution in [-0.4, -0.2) is 56.4 Å². The molecular formula is C30H32N8O4. The predicted octanol–water partition coefficient (Wildman–Crippen LogP) is 3.88. The number of hydrogen-bond acceptors (Lipinski definition) is 10. The topological polar surface area (TPSA) is 154 Å². The maximum absolute atomic E-state index is 12.5. The number of carbonyl (C=O) groups excluding carboxylic acids is 2. The summed E-state index contributed by atoms with van der Waals surface area (Å²) < 4.78 is 10.4. The number of pyridine rings is 2. The monoisotopic (exact) mass is 568 g/mol. The van der Waals surface area contributed by atoms with E-state index in [-0.39, 0.29) is 36.5 Å². The van der Waals surface area contributed by atoms with Crippen molar-refractivity contribution in [3.63, 3.8) is 0 Å². The molecule has 1 aliphatic carbocycles. The van der Waals surface area contributed by atoms with Crippen molar-refractivity contribution in [2.24, 2.45) is 0 Å². The molecule has 4 aromatic heterocycles. The fourth-order valence-electron chi connectivity index (χ4n) is 5.04. The Kier molecular flexibility index (Phi) is 9.22. The molecule has 2 amide bonds. The van der Waals surface area contributed by atoms with Gasteiger partial charge in [0, 0.05) is 36.4 Å². The Labute approximate surface area is 243 Å². The van der Waals surface area contributed by atoms with Crippen LogP contribution >= 0.6 is 0 Å². The van der Waals surface area contributed by atoms with E-state index in [0.29, 0.717) is 34.5 Å². The fraction of sp³-hybridized carbons (Fsp3) is 0.333. The molecule has 4 aromatic rings. The van der Waals surface area contributed by atoms with Gasteiger partial charge in [0.2, 0.25) is 11.8 Å². The van der Waals surface area contributed by atoms with Gasteiger partial charge < -0.3 is 20.1 Å². The van der Waals surface area contributed by atoms with Crippen molar-refractivity contribution in [2.75, 3.05) is 24.9 Å². The highest BCUT2D eigenvalue weighted by molar-refractivity contribution is 5.91. The quantitative estimate of drug-likeness (QED) is 0.288. The Morgan fingerprint density at radius 2 is 1.19 bits per heavy atom. The number of aromatic nitrogens is 6. The van der Waals surface area contributed by atoms with Crippen LogP contribution in [0.4, 0.5) is 11.6 Å². The van der Waals surface area contributed by atoms with Crippen LogP contribution in [0.15, 0.2) is 60.9 Å². The Morgan fingerprint density at radius 1 is 0.714 bits per heavy atom. The van der Waals surface area contributed by atoms with Crippen LogP contribution in [0.2, 0.25) is 0 Å². The second-order valence-electron chi connectivity index (χ2n) is 10.1. The molecule has 2 N–H and O–H groups in total. The van der Waals surface area contributed by atoms with Gasteiger partial charge in [-0.05, 0) is 55.7 Å². The van der Waals surface area contributed by atoms with E-state index in [1.165, 1.54) is 0 Å². The Hall–Kier alpha value is -5.00. The van der Waals surface area contributed by atoms with Crippen LogP contribution < -0.4 is 20.1 Å². The third kappa shape index (κ3) is 7.59. The van der Waals surface area contributed by atoms with Gasteiger partial charge in [0.05, 0.1) is 49.8 Å². The van der Waals surface area contributed by atoms with Crippen molar-refractivity contribution in [2.45, 2.75) is 50.4 Å². The molecule has 4 heterocycles. The van der Waals surface area contributed by atoms with Crippen LogP contribution in [0.3, 0.4) is 0 Å². The van der Waals surface area contributed by atoms with E-state index in [1.807, 2.05) is 12.1 Å². The third-order valence-corrected chi connectivity index (χ3v) is 7.15. The van der Waals surface area contributed by atoms with Crippen molar-refractivity contribution < 1.29 is 19.1 Å². The largest absolute Gasteiger partial charge is 0.497 e. The Morgan fingerprint density at radius 3 is 1.60 bits per heavy atom. The highest BCUT2D eigenvalue weighted by atomic mass is 16.5.